The van der Waals surface area contributed by atoms with E-state index in [4.69, 9.17) is 4.98 Å². The highest BCUT2D eigenvalue weighted by Gasteiger charge is 2.17. The number of rotatable bonds is 3. The highest BCUT2D eigenvalue weighted by atomic mass is 19.1. The van der Waals surface area contributed by atoms with Gasteiger partial charge in [0.25, 0.3) is 0 Å². The third kappa shape index (κ3) is 2.80. The molecule has 7 nitrogen and oxygen atoms in total. The molecule has 5 aromatic heterocycles. The fourth-order valence-corrected chi connectivity index (χ4v) is 3.87. The number of benzene rings is 1. The first-order chi connectivity index (χ1) is 15.2. The van der Waals surface area contributed by atoms with E-state index in [0.29, 0.717) is 16.9 Å². The summed E-state index contributed by atoms with van der Waals surface area (Å²) in [7, 11) is 1.87. The van der Waals surface area contributed by atoms with Crippen molar-refractivity contribution in [2.75, 3.05) is 0 Å². The molecule has 0 aliphatic rings. The van der Waals surface area contributed by atoms with E-state index in [1.165, 1.54) is 6.07 Å². The lowest BCUT2D eigenvalue weighted by Crippen LogP contribution is -1.86. The largest absolute Gasteiger partial charge is 0.338 e. The molecule has 0 atom stereocenters. The number of aromatic nitrogens is 7. The highest BCUT2D eigenvalue weighted by Crippen LogP contribution is 2.34. The van der Waals surface area contributed by atoms with E-state index < -0.39 is 0 Å². The SMILES string of the molecule is Cn1cc(-c2ccc3[nH]nc(-c4cc5c(-c6ccccc6F)ccnc5[nH]4)c3n2)cn1. The molecule has 0 amide bonds. The summed E-state index contributed by atoms with van der Waals surface area (Å²) in [6.45, 7) is 0. The Hall–Kier alpha value is -4.33. The zero-order chi connectivity index (χ0) is 20.9. The van der Waals surface area contributed by atoms with E-state index in [-0.39, 0.29) is 5.82 Å². The Morgan fingerprint density at radius 2 is 1.94 bits per heavy atom. The van der Waals surface area contributed by atoms with Gasteiger partial charge in [-0.3, -0.25) is 9.78 Å². The third-order valence-corrected chi connectivity index (χ3v) is 5.36. The average molecular weight is 409 g/mol. The molecule has 2 N–H and O–H groups in total. The molecule has 31 heavy (non-hydrogen) atoms. The van der Waals surface area contributed by atoms with E-state index in [1.54, 1.807) is 29.2 Å². The molecule has 0 bridgehead atoms. The topological polar surface area (TPSA) is 88.1 Å². The van der Waals surface area contributed by atoms with Gasteiger partial charge < -0.3 is 4.98 Å². The van der Waals surface area contributed by atoms with E-state index in [2.05, 4.69) is 25.3 Å². The Morgan fingerprint density at radius 3 is 2.77 bits per heavy atom. The van der Waals surface area contributed by atoms with Crippen LogP contribution in [0.2, 0.25) is 0 Å². The van der Waals surface area contributed by atoms with Gasteiger partial charge in [-0.25, -0.2) is 14.4 Å². The van der Waals surface area contributed by atoms with Gasteiger partial charge in [-0.05, 0) is 35.9 Å². The summed E-state index contributed by atoms with van der Waals surface area (Å²) >= 11 is 0. The Kier molecular flexibility index (Phi) is 3.73. The molecule has 0 saturated heterocycles. The maximum Gasteiger partial charge on any atom is 0.138 e. The van der Waals surface area contributed by atoms with Crippen molar-refractivity contribution in [3.8, 4) is 33.8 Å². The first-order valence-electron chi connectivity index (χ1n) is 9.74. The molecule has 150 valence electrons. The second-order valence-corrected chi connectivity index (χ2v) is 7.35. The minimum absolute atomic E-state index is 0.272. The van der Waals surface area contributed by atoms with Crippen LogP contribution in [-0.2, 0) is 7.05 Å². The van der Waals surface area contributed by atoms with Crippen LogP contribution in [0.1, 0.15) is 0 Å². The van der Waals surface area contributed by atoms with E-state index in [1.807, 2.05) is 43.6 Å². The summed E-state index contributed by atoms with van der Waals surface area (Å²) in [6.07, 6.45) is 5.37. The van der Waals surface area contributed by atoms with Crippen LogP contribution in [0.3, 0.4) is 0 Å². The van der Waals surface area contributed by atoms with Gasteiger partial charge >= 0.3 is 0 Å². The number of H-pyrrole nitrogens is 2. The lowest BCUT2D eigenvalue weighted by molar-refractivity contribution is 0.631. The summed E-state index contributed by atoms with van der Waals surface area (Å²) in [4.78, 5) is 12.6. The van der Waals surface area contributed by atoms with Crippen LogP contribution >= 0.6 is 0 Å². The van der Waals surface area contributed by atoms with Crippen molar-refractivity contribution < 1.29 is 4.39 Å². The van der Waals surface area contributed by atoms with Crippen LogP contribution in [0.15, 0.2) is 67.1 Å². The molecule has 0 radical (unpaired) electrons. The smallest absolute Gasteiger partial charge is 0.138 e. The Bertz CT molecular complexity index is 1570. The second kappa shape index (κ2) is 6.60. The zero-order valence-electron chi connectivity index (χ0n) is 16.5. The van der Waals surface area contributed by atoms with Gasteiger partial charge in [0, 0.05) is 36.0 Å². The van der Waals surface area contributed by atoms with E-state index in [9.17, 15) is 4.39 Å². The van der Waals surface area contributed by atoms with Crippen LogP contribution < -0.4 is 0 Å². The van der Waals surface area contributed by atoms with Gasteiger partial charge in [-0.1, -0.05) is 18.2 Å². The van der Waals surface area contributed by atoms with Gasteiger partial charge in [0.1, 0.15) is 22.7 Å². The maximum atomic E-state index is 14.4. The molecule has 0 unspecified atom stereocenters. The lowest BCUT2D eigenvalue weighted by atomic mass is 10.0. The summed E-state index contributed by atoms with van der Waals surface area (Å²) in [5.74, 6) is -0.272. The minimum atomic E-state index is -0.272. The van der Waals surface area contributed by atoms with Gasteiger partial charge in [0.2, 0.25) is 0 Å². The normalized spacial score (nSPS) is 11.5. The first-order valence-corrected chi connectivity index (χ1v) is 9.74. The summed E-state index contributed by atoms with van der Waals surface area (Å²) in [5, 5.41) is 12.6. The third-order valence-electron chi connectivity index (χ3n) is 5.36. The molecule has 0 aliphatic carbocycles. The zero-order valence-corrected chi connectivity index (χ0v) is 16.5. The Balaban J connectivity index is 1.52. The molecule has 0 fully saturated rings. The lowest BCUT2D eigenvalue weighted by Gasteiger charge is -2.04. The molecule has 0 aliphatic heterocycles. The van der Waals surface area contributed by atoms with Gasteiger partial charge in [0.05, 0.1) is 23.1 Å². The number of halogens is 1. The first kappa shape index (κ1) is 17.5. The van der Waals surface area contributed by atoms with Crippen LogP contribution in [0.25, 0.3) is 55.8 Å². The average Bonchev–Trinajstić information content (AvgIpc) is 3.50. The van der Waals surface area contributed by atoms with Crippen molar-refractivity contribution in [2.24, 2.45) is 7.05 Å². The van der Waals surface area contributed by atoms with Crippen molar-refractivity contribution >= 4 is 22.1 Å². The van der Waals surface area contributed by atoms with Gasteiger partial charge in [-0.2, -0.15) is 10.2 Å². The quantitative estimate of drug-likeness (QED) is 0.443. The number of nitrogens with one attached hydrogen (secondary N) is 2. The Morgan fingerprint density at radius 1 is 1.03 bits per heavy atom. The molecular weight excluding hydrogens is 393 g/mol. The summed E-state index contributed by atoms with van der Waals surface area (Å²) < 4.78 is 16.2. The molecule has 8 heteroatoms. The number of aromatic amines is 2. The van der Waals surface area contributed by atoms with Crippen LogP contribution in [-0.4, -0.2) is 34.9 Å². The molecule has 6 aromatic rings. The van der Waals surface area contributed by atoms with Crippen molar-refractivity contribution in [2.45, 2.75) is 0 Å². The number of hydrogen-bond acceptors (Lipinski definition) is 4. The van der Waals surface area contributed by atoms with Crippen molar-refractivity contribution in [1.29, 1.82) is 0 Å². The second-order valence-electron chi connectivity index (χ2n) is 7.35. The molecule has 1 aromatic carbocycles. The summed E-state index contributed by atoms with van der Waals surface area (Å²) in [6, 6.07) is 14.4. The Labute approximate surface area is 175 Å². The fourth-order valence-electron chi connectivity index (χ4n) is 3.87. The van der Waals surface area contributed by atoms with Gasteiger partial charge in [-0.15, -0.1) is 0 Å². The molecular formula is C23H16FN7. The van der Waals surface area contributed by atoms with Crippen molar-refractivity contribution in [3.63, 3.8) is 0 Å². The molecule has 0 saturated carbocycles. The minimum Gasteiger partial charge on any atom is -0.338 e. The molecule has 6 rings (SSSR count). The number of fused-ring (bicyclic) bond motifs is 2. The predicted octanol–water partition coefficient (Wildman–Crippen LogP) is 4.71. The highest BCUT2D eigenvalue weighted by molar-refractivity contribution is 5.99. The summed E-state index contributed by atoms with van der Waals surface area (Å²) in [5.41, 5.74) is 6.70. The van der Waals surface area contributed by atoms with Gasteiger partial charge in [0.15, 0.2) is 0 Å². The molecule has 0 spiro atoms. The van der Waals surface area contributed by atoms with Crippen LogP contribution in [0, 0.1) is 5.82 Å². The number of nitrogens with zero attached hydrogens (tertiary/aromatic N) is 5. The predicted molar refractivity (Wildman–Crippen MR) is 117 cm³/mol. The van der Waals surface area contributed by atoms with E-state index >= 15 is 0 Å². The monoisotopic (exact) mass is 409 g/mol. The van der Waals surface area contributed by atoms with Crippen molar-refractivity contribution in [1.82, 2.24) is 34.9 Å². The fraction of sp³-hybridized carbons (Fsp3) is 0.0435. The van der Waals surface area contributed by atoms with E-state index in [0.717, 1.165) is 38.9 Å². The molecule has 5 heterocycles. The van der Waals surface area contributed by atoms with Crippen LogP contribution in [0.4, 0.5) is 4.39 Å². The number of hydrogen-bond donors (Lipinski definition) is 2. The van der Waals surface area contributed by atoms with Crippen LogP contribution in [0.5, 0.6) is 0 Å². The van der Waals surface area contributed by atoms with Crippen molar-refractivity contribution in [3.05, 3.63) is 72.9 Å². The maximum absolute atomic E-state index is 14.4. The standard InChI is InChI=1S/C23H16FN7/c1-31-12-13(11-26-31)18-6-7-19-21(27-18)22(30-29-19)20-10-16-14(8-9-25-23(16)28-20)15-4-2-3-5-17(15)24/h2-12H,1H3,(H,25,28)(H,29,30). The number of aryl methyl sites for hydroxylation is 1. The number of pyridine rings is 2.